The van der Waals surface area contributed by atoms with Gasteiger partial charge in [0.05, 0.1) is 17.1 Å². The predicted octanol–water partition coefficient (Wildman–Crippen LogP) is 1.07. The van der Waals surface area contributed by atoms with Gasteiger partial charge in [-0.2, -0.15) is 0 Å². The number of phenolic OH excluding ortho intramolecular Hbond substituents is 1. The first kappa shape index (κ1) is 20.9. The molecule has 1 amide bonds. The van der Waals surface area contributed by atoms with E-state index in [1.54, 1.807) is 11.0 Å². The first-order chi connectivity index (χ1) is 15.2. The summed E-state index contributed by atoms with van der Waals surface area (Å²) < 4.78 is 23.7. The first-order valence-corrected chi connectivity index (χ1v) is 13.8. The zero-order chi connectivity index (χ0) is 22.3. The minimum Gasteiger partial charge on any atom is -0.508 e. The minimum atomic E-state index is -3.06. The van der Waals surface area contributed by atoms with Crippen LogP contribution in [0.4, 0.5) is 0 Å². The summed E-state index contributed by atoms with van der Waals surface area (Å²) in [4.78, 5) is 17.6. The second-order valence-electron chi connectivity index (χ2n) is 10.8. The van der Waals surface area contributed by atoms with E-state index in [2.05, 4.69) is 4.90 Å². The average molecular weight is 461 g/mol. The fourth-order valence-electron chi connectivity index (χ4n) is 7.19. The standard InChI is InChI=1S/C24H32N2O5S/c27-19-4-3-17-11-21-24(29)14-18(22(28)25-7-9-32(30,31)10-8-25)13-23(24,20(17)12-19)5-6-26(21)15-16-1-2-16/h3-4,12,16,18,21,27,29H,1-2,5-11,13-15H2/t18-,21+,23+,24+/m0/s1. The maximum atomic E-state index is 13.5. The Morgan fingerprint density at radius 1 is 1.12 bits per heavy atom. The Balaban J connectivity index is 1.36. The Labute approximate surface area is 189 Å². The lowest BCUT2D eigenvalue weighted by Gasteiger charge is -2.59. The topological polar surface area (TPSA) is 98.2 Å². The number of rotatable bonds is 3. The molecule has 0 radical (unpaired) electrons. The largest absolute Gasteiger partial charge is 0.508 e. The molecule has 2 aliphatic heterocycles. The number of aliphatic hydroxyl groups is 1. The number of amides is 1. The van der Waals surface area contributed by atoms with E-state index in [0.29, 0.717) is 12.8 Å². The molecular weight excluding hydrogens is 428 g/mol. The first-order valence-electron chi connectivity index (χ1n) is 12.0. The number of piperidine rings is 1. The smallest absolute Gasteiger partial charge is 0.225 e. The number of aromatic hydroxyl groups is 1. The van der Waals surface area contributed by atoms with E-state index in [1.165, 1.54) is 18.4 Å². The van der Waals surface area contributed by atoms with Crippen molar-refractivity contribution < 1.29 is 23.4 Å². The molecule has 4 atom stereocenters. The van der Waals surface area contributed by atoms with Gasteiger partial charge < -0.3 is 15.1 Å². The van der Waals surface area contributed by atoms with Crippen LogP contribution in [0.1, 0.15) is 43.2 Å². The van der Waals surface area contributed by atoms with Crippen LogP contribution in [-0.4, -0.2) is 83.7 Å². The molecule has 1 aromatic rings. The van der Waals surface area contributed by atoms with Crippen molar-refractivity contribution in [2.75, 3.05) is 37.7 Å². The van der Waals surface area contributed by atoms with Gasteiger partial charge in [0.2, 0.25) is 5.91 Å². The van der Waals surface area contributed by atoms with Crippen molar-refractivity contribution in [3.63, 3.8) is 0 Å². The van der Waals surface area contributed by atoms with Crippen molar-refractivity contribution in [3.8, 4) is 5.75 Å². The van der Waals surface area contributed by atoms with Gasteiger partial charge >= 0.3 is 0 Å². The number of nitrogens with zero attached hydrogens (tertiary/aromatic N) is 2. The van der Waals surface area contributed by atoms with Gasteiger partial charge in [0.25, 0.3) is 0 Å². The fourth-order valence-corrected chi connectivity index (χ4v) is 8.40. The second-order valence-corrected chi connectivity index (χ2v) is 13.1. The van der Waals surface area contributed by atoms with Crippen LogP contribution in [-0.2, 0) is 26.5 Å². The summed E-state index contributed by atoms with van der Waals surface area (Å²) >= 11 is 0. The summed E-state index contributed by atoms with van der Waals surface area (Å²) in [5, 5.41) is 22.6. The highest BCUT2D eigenvalue weighted by atomic mass is 32.2. The summed E-state index contributed by atoms with van der Waals surface area (Å²) in [6.45, 7) is 2.41. The molecule has 2 saturated carbocycles. The Hall–Kier alpha value is -1.64. The van der Waals surface area contributed by atoms with Gasteiger partial charge in [-0.1, -0.05) is 6.07 Å². The van der Waals surface area contributed by atoms with Gasteiger partial charge in [0.1, 0.15) is 5.75 Å². The molecule has 4 fully saturated rings. The van der Waals surface area contributed by atoms with E-state index in [0.717, 1.165) is 37.4 Å². The summed E-state index contributed by atoms with van der Waals surface area (Å²) in [6.07, 6.45) is 5.02. The highest BCUT2D eigenvalue weighted by Gasteiger charge is 2.68. The van der Waals surface area contributed by atoms with Crippen LogP contribution in [0.5, 0.6) is 5.75 Å². The lowest BCUT2D eigenvalue weighted by Crippen LogP contribution is -2.69. The lowest BCUT2D eigenvalue weighted by atomic mass is 9.56. The number of carbonyl (C=O) groups is 1. The molecule has 0 spiro atoms. The summed E-state index contributed by atoms with van der Waals surface area (Å²) in [7, 11) is -3.06. The monoisotopic (exact) mass is 460 g/mol. The molecule has 0 unspecified atom stereocenters. The fraction of sp³-hybridized carbons (Fsp3) is 0.708. The average Bonchev–Trinajstić information content (AvgIpc) is 3.49. The van der Waals surface area contributed by atoms with Crippen LogP contribution < -0.4 is 0 Å². The van der Waals surface area contributed by atoms with E-state index in [9.17, 15) is 23.4 Å². The number of fused-ring (bicyclic) bond motifs is 1. The molecule has 6 rings (SSSR count). The molecule has 7 nitrogen and oxygen atoms in total. The van der Waals surface area contributed by atoms with Gasteiger partial charge in [-0.15, -0.1) is 0 Å². The Kier molecular flexibility index (Phi) is 4.54. The van der Waals surface area contributed by atoms with E-state index in [1.807, 2.05) is 12.1 Å². The third kappa shape index (κ3) is 3.06. The number of likely N-dealkylation sites (tertiary alicyclic amines) is 1. The molecule has 1 aromatic carbocycles. The van der Waals surface area contributed by atoms with Crippen LogP contribution in [0, 0.1) is 11.8 Å². The van der Waals surface area contributed by atoms with E-state index in [4.69, 9.17) is 0 Å². The van der Waals surface area contributed by atoms with E-state index >= 15 is 0 Å². The van der Waals surface area contributed by atoms with Crippen molar-refractivity contribution in [2.45, 2.75) is 55.6 Å². The highest BCUT2D eigenvalue weighted by Crippen LogP contribution is 2.62. The molecule has 2 bridgehead atoms. The molecule has 2 heterocycles. The van der Waals surface area contributed by atoms with Crippen LogP contribution in [0.25, 0.3) is 0 Å². The molecule has 8 heteroatoms. The third-order valence-corrected chi connectivity index (χ3v) is 10.6. The minimum absolute atomic E-state index is 0.0156. The summed E-state index contributed by atoms with van der Waals surface area (Å²) in [5.74, 6) is 0.637. The molecule has 32 heavy (non-hydrogen) atoms. The van der Waals surface area contributed by atoms with Gasteiger partial charge in [-0.05, 0) is 74.2 Å². The number of carbonyl (C=O) groups excluding carboxylic acids is 1. The maximum absolute atomic E-state index is 13.5. The zero-order valence-electron chi connectivity index (χ0n) is 18.4. The lowest BCUT2D eigenvalue weighted by molar-refractivity contribution is -0.139. The summed E-state index contributed by atoms with van der Waals surface area (Å²) in [5.41, 5.74) is 0.643. The predicted molar refractivity (Wildman–Crippen MR) is 119 cm³/mol. The van der Waals surface area contributed by atoms with E-state index < -0.39 is 20.9 Å². The Morgan fingerprint density at radius 3 is 2.59 bits per heavy atom. The molecule has 2 N–H and O–H groups in total. The van der Waals surface area contributed by atoms with Crippen molar-refractivity contribution >= 4 is 15.7 Å². The molecule has 5 aliphatic rings. The number of phenols is 1. The van der Waals surface area contributed by atoms with Crippen LogP contribution in [0.2, 0.25) is 0 Å². The normalized spacial score (nSPS) is 38.2. The molecular formula is C24H32N2O5S. The molecule has 0 aromatic heterocycles. The van der Waals surface area contributed by atoms with Crippen LogP contribution >= 0.6 is 0 Å². The number of hydrogen-bond acceptors (Lipinski definition) is 6. The van der Waals surface area contributed by atoms with Crippen molar-refractivity contribution in [1.29, 1.82) is 0 Å². The van der Waals surface area contributed by atoms with Gasteiger partial charge in [0, 0.05) is 37.0 Å². The number of hydrogen-bond donors (Lipinski definition) is 2. The second kappa shape index (κ2) is 6.93. The van der Waals surface area contributed by atoms with Crippen molar-refractivity contribution in [1.82, 2.24) is 9.80 Å². The number of benzene rings is 1. The Bertz CT molecular complexity index is 1060. The van der Waals surface area contributed by atoms with E-state index in [-0.39, 0.29) is 48.2 Å². The maximum Gasteiger partial charge on any atom is 0.225 e. The molecule has 2 saturated heterocycles. The van der Waals surface area contributed by atoms with Gasteiger partial charge in [-0.3, -0.25) is 9.69 Å². The Morgan fingerprint density at radius 2 is 1.88 bits per heavy atom. The molecule has 174 valence electrons. The third-order valence-electron chi connectivity index (χ3n) is 9.02. The number of sulfone groups is 1. The van der Waals surface area contributed by atoms with Gasteiger partial charge in [-0.25, -0.2) is 8.42 Å². The quantitative estimate of drug-likeness (QED) is 0.700. The SMILES string of the molecule is O=C([C@H]1C[C@]23CCN(CC4CC4)[C@H](Cc4ccc(O)cc42)[C@]3(O)C1)N1CCS(=O)(=O)CC1. The highest BCUT2D eigenvalue weighted by molar-refractivity contribution is 7.91. The molecule has 3 aliphatic carbocycles. The zero-order valence-corrected chi connectivity index (χ0v) is 19.2. The summed E-state index contributed by atoms with van der Waals surface area (Å²) in [6, 6.07) is 5.51. The van der Waals surface area contributed by atoms with Crippen molar-refractivity contribution in [2.24, 2.45) is 11.8 Å². The van der Waals surface area contributed by atoms with Crippen LogP contribution in [0.3, 0.4) is 0 Å². The van der Waals surface area contributed by atoms with Crippen LogP contribution in [0.15, 0.2) is 18.2 Å². The van der Waals surface area contributed by atoms with Gasteiger partial charge in [0.15, 0.2) is 9.84 Å². The van der Waals surface area contributed by atoms with Crippen molar-refractivity contribution in [3.05, 3.63) is 29.3 Å².